The SMILES string of the molecule is c1ccc(-c2ccc(N(c3ccccc3)c3cccc4c3-c3ccccc3-c3ccccc3-c3ccccc3C43c4ccccc4-c4ccccc43)cc2)cc1. The molecule has 0 radical (unpaired) electrons. The van der Waals surface area contributed by atoms with Crippen LogP contribution in [-0.2, 0) is 5.41 Å². The van der Waals surface area contributed by atoms with Crippen molar-refractivity contribution in [3.05, 3.63) is 247 Å². The molecule has 0 saturated carbocycles. The van der Waals surface area contributed by atoms with Crippen molar-refractivity contribution in [1.29, 1.82) is 0 Å². The number of anilines is 3. The van der Waals surface area contributed by atoms with Crippen LogP contribution in [0.25, 0.3) is 55.6 Å². The Balaban J connectivity index is 1.31. The van der Waals surface area contributed by atoms with Crippen LogP contribution in [0.15, 0.2) is 224 Å². The molecule has 0 aliphatic heterocycles. The fourth-order valence-corrected chi connectivity index (χ4v) is 9.65. The molecule has 0 bridgehead atoms. The minimum absolute atomic E-state index is 0.626. The van der Waals surface area contributed by atoms with Crippen molar-refractivity contribution in [3.63, 3.8) is 0 Å². The molecule has 0 aromatic heterocycles. The van der Waals surface area contributed by atoms with Gasteiger partial charge in [-0.3, -0.25) is 0 Å². The molecular weight excluding hydrogens is 675 g/mol. The van der Waals surface area contributed by atoms with Gasteiger partial charge >= 0.3 is 0 Å². The third-order valence-electron chi connectivity index (χ3n) is 11.9. The maximum atomic E-state index is 2.46. The van der Waals surface area contributed by atoms with Gasteiger partial charge in [0.05, 0.1) is 11.1 Å². The molecule has 0 N–H and O–H groups in total. The summed E-state index contributed by atoms with van der Waals surface area (Å²) in [6.07, 6.45) is 0. The number of nitrogens with zero attached hydrogens (tertiary/aromatic N) is 1. The van der Waals surface area contributed by atoms with Crippen LogP contribution >= 0.6 is 0 Å². The molecule has 1 heteroatoms. The molecule has 9 aromatic rings. The van der Waals surface area contributed by atoms with Crippen molar-refractivity contribution in [2.45, 2.75) is 5.41 Å². The Bertz CT molecular complexity index is 2860. The van der Waals surface area contributed by atoms with Crippen LogP contribution in [0.4, 0.5) is 17.1 Å². The second kappa shape index (κ2) is 13.0. The van der Waals surface area contributed by atoms with Crippen LogP contribution in [0.5, 0.6) is 0 Å². The standard InChI is InChI=1S/C55H37N/c1-3-18-38(19-4-1)39-34-36-41(37-35-39)56(40-20-5-2-6-21-40)53-33-17-32-52-54(53)48-28-10-9-24-44(48)42-22-7-8-23-43(42)45-25-11-14-29-49(45)55(52)50-30-15-12-26-46(50)47-27-13-16-31-51(47)55/h1-37H. The lowest BCUT2D eigenvalue weighted by atomic mass is 9.64. The number of hydrogen-bond acceptors (Lipinski definition) is 1. The largest absolute Gasteiger partial charge is 0.310 e. The van der Waals surface area contributed by atoms with Gasteiger partial charge in [0.15, 0.2) is 0 Å². The third-order valence-corrected chi connectivity index (χ3v) is 11.9. The molecule has 0 amide bonds. The van der Waals surface area contributed by atoms with Crippen molar-refractivity contribution in [2.24, 2.45) is 0 Å². The highest BCUT2D eigenvalue weighted by Gasteiger charge is 2.49. The number of benzene rings is 9. The van der Waals surface area contributed by atoms with Gasteiger partial charge in [-0.05, 0) is 103 Å². The molecule has 2 aliphatic carbocycles. The highest BCUT2D eigenvalue weighted by Crippen LogP contribution is 2.62. The average molecular weight is 712 g/mol. The first kappa shape index (κ1) is 32.2. The van der Waals surface area contributed by atoms with Crippen LogP contribution in [0, 0.1) is 0 Å². The van der Waals surface area contributed by atoms with E-state index >= 15 is 0 Å². The molecule has 56 heavy (non-hydrogen) atoms. The summed E-state index contributed by atoms with van der Waals surface area (Å²) >= 11 is 0. The first-order valence-electron chi connectivity index (χ1n) is 19.4. The lowest BCUT2D eigenvalue weighted by molar-refractivity contribution is 0.773. The Morgan fingerprint density at radius 2 is 0.625 bits per heavy atom. The normalized spacial score (nSPS) is 12.8. The lowest BCUT2D eigenvalue weighted by Gasteiger charge is -2.38. The predicted octanol–water partition coefficient (Wildman–Crippen LogP) is 14.5. The third kappa shape index (κ3) is 4.74. The van der Waals surface area contributed by atoms with E-state index in [9.17, 15) is 0 Å². The Labute approximate surface area is 328 Å². The molecule has 9 aromatic carbocycles. The van der Waals surface area contributed by atoms with Crippen molar-refractivity contribution in [3.8, 4) is 55.6 Å². The summed E-state index contributed by atoms with van der Waals surface area (Å²) in [5.41, 5.74) is 20.2. The smallest absolute Gasteiger partial charge is 0.0726 e. The van der Waals surface area contributed by atoms with E-state index in [0.717, 1.165) is 17.1 Å². The van der Waals surface area contributed by atoms with Crippen LogP contribution in [-0.4, -0.2) is 0 Å². The van der Waals surface area contributed by atoms with Crippen molar-refractivity contribution >= 4 is 17.1 Å². The molecule has 0 saturated heterocycles. The van der Waals surface area contributed by atoms with Gasteiger partial charge in [0.1, 0.15) is 0 Å². The van der Waals surface area contributed by atoms with Crippen molar-refractivity contribution in [2.75, 3.05) is 4.90 Å². The zero-order valence-electron chi connectivity index (χ0n) is 30.8. The minimum Gasteiger partial charge on any atom is -0.310 e. The molecule has 1 nitrogen and oxygen atoms in total. The maximum Gasteiger partial charge on any atom is 0.0726 e. The molecule has 0 heterocycles. The van der Waals surface area contributed by atoms with Crippen LogP contribution in [0.3, 0.4) is 0 Å². The van der Waals surface area contributed by atoms with Gasteiger partial charge in [-0.1, -0.05) is 194 Å². The van der Waals surface area contributed by atoms with E-state index < -0.39 is 5.41 Å². The topological polar surface area (TPSA) is 3.24 Å². The number of para-hydroxylation sites is 1. The quantitative estimate of drug-likeness (QED) is 0.176. The van der Waals surface area contributed by atoms with Gasteiger partial charge in [-0.2, -0.15) is 0 Å². The Kier molecular flexibility index (Phi) is 7.47. The number of hydrogen-bond donors (Lipinski definition) is 0. The molecule has 0 unspecified atom stereocenters. The van der Waals surface area contributed by atoms with E-state index in [-0.39, 0.29) is 0 Å². The Hall–Kier alpha value is -7.22. The average Bonchev–Trinajstić information content (AvgIpc) is 3.59. The van der Waals surface area contributed by atoms with E-state index in [1.165, 1.54) is 77.9 Å². The molecule has 2 aliphatic rings. The van der Waals surface area contributed by atoms with E-state index in [2.05, 4.69) is 229 Å². The van der Waals surface area contributed by atoms with Gasteiger partial charge in [0.25, 0.3) is 0 Å². The van der Waals surface area contributed by atoms with Gasteiger partial charge in [-0.25, -0.2) is 0 Å². The van der Waals surface area contributed by atoms with Crippen molar-refractivity contribution < 1.29 is 0 Å². The summed E-state index contributed by atoms with van der Waals surface area (Å²) in [7, 11) is 0. The number of rotatable bonds is 4. The summed E-state index contributed by atoms with van der Waals surface area (Å²) in [4.78, 5) is 2.46. The van der Waals surface area contributed by atoms with Crippen molar-refractivity contribution in [1.82, 2.24) is 0 Å². The van der Waals surface area contributed by atoms with Gasteiger partial charge < -0.3 is 4.90 Å². The van der Waals surface area contributed by atoms with E-state index in [4.69, 9.17) is 0 Å². The number of fused-ring (bicyclic) bond motifs is 14. The van der Waals surface area contributed by atoms with Gasteiger partial charge in [0, 0.05) is 16.9 Å². The Morgan fingerprint density at radius 3 is 1.20 bits per heavy atom. The molecule has 0 fully saturated rings. The first-order chi connectivity index (χ1) is 27.8. The Morgan fingerprint density at radius 1 is 0.250 bits per heavy atom. The predicted molar refractivity (Wildman–Crippen MR) is 234 cm³/mol. The second-order valence-electron chi connectivity index (χ2n) is 14.8. The van der Waals surface area contributed by atoms with Gasteiger partial charge in [0.2, 0.25) is 0 Å². The maximum absolute atomic E-state index is 2.46. The van der Waals surface area contributed by atoms with Crippen LogP contribution in [0.1, 0.15) is 22.3 Å². The molecule has 1 spiro atoms. The molecular formula is C55H37N. The summed E-state index contributed by atoms with van der Waals surface area (Å²) in [6.45, 7) is 0. The summed E-state index contributed by atoms with van der Waals surface area (Å²) in [5, 5.41) is 0. The lowest BCUT2D eigenvalue weighted by Crippen LogP contribution is -2.30. The van der Waals surface area contributed by atoms with Crippen LogP contribution in [0.2, 0.25) is 0 Å². The van der Waals surface area contributed by atoms with E-state index in [0.29, 0.717) is 0 Å². The van der Waals surface area contributed by atoms with E-state index in [1.807, 2.05) is 0 Å². The first-order valence-corrected chi connectivity index (χ1v) is 19.4. The molecule has 0 atom stereocenters. The second-order valence-corrected chi connectivity index (χ2v) is 14.8. The van der Waals surface area contributed by atoms with Crippen LogP contribution < -0.4 is 4.90 Å². The highest BCUT2D eigenvalue weighted by molar-refractivity contribution is 6.03. The summed E-state index contributed by atoms with van der Waals surface area (Å²) < 4.78 is 0. The molecule has 262 valence electrons. The van der Waals surface area contributed by atoms with E-state index in [1.54, 1.807) is 0 Å². The summed E-state index contributed by atoms with van der Waals surface area (Å²) in [6, 6.07) is 82.9. The molecule has 11 rings (SSSR count). The zero-order chi connectivity index (χ0) is 37.1. The monoisotopic (exact) mass is 711 g/mol. The zero-order valence-corrected chi connectivity index (χ0v) is 30.8. The fourth-order valence-electron chi connectivity index (χ4n) is 9.65. The minimum atomic E-state index is -0.626. The fraction of sp³-hybridized carbons (Fsp3) is 0.0182. The summed E-state index contributed by atoms with van der Waals surface area (Å²) in [5.74, 6) is 0. The van der Waals surface area contributed by atoms with Gasteiger partial charge in [-0.15, -0.1) is 0 Å². The highest BCUT2D eigenvalue weighted by atomic mass is 15.1.